The molecule has 2 rings (SSSR count). The van der Waals surface area contributed by atoms with Crippen molar-refractivity contribution in [2.24, 2.45) is 11.3 Å². The molecule has 1 saturated heterocycles. The van der Waals surface area contributed by atoms with Crippen molar-refractivity contribution in [2.75, 3.05) is 13.1 Å². The van der Waals surface area contributed by atoms with Gasteiger partial charge in [-0.3, -0.25) is 9.59 Å². The maximum atomic E-state index is 12.4. The van der Waals surface area contributed by atoms with E-state index in [9.17, 15) is 9.59 Å². The van der Waals surface area contributed by atoms with Crippen molar-refractivity contribution in [3.8, 4) is 0 Å². The van der Waals surface area contributed by atoms with Crippen molar-refractivity contribution < 1.29 is 9.59 Å². The Kier molecular flexibility index (Phi) is 3.15. The second-order valence-electron chi connectivity index (χ2n) is 6.34. The second kappa shape index (κ2) is 4.31. The standard InChI is InChI=1S/C13H22N2O2/c1-13(2,3)11-12(17)15(8-9-4-5-9)7-6-10(16)14-11/h9,11H,4-8H2,1-3H3,(H,14,16). The first-order valence-electron chi connectivity index (χ1n) is 6.46. The predicted octanol–water partition coefficient (Wildman–Crippen LogP) is 1.16. The molecule has 0 spiro atoms. The summed E-state index contributed by atoms with van der Waals surface area (Å²) in [6.07, 6.45) is 2.89. The smallest absolute Gasteiger partial charge is 0.245 e. The Morgan fingerprint density at radius 2 is 1.94 bits per heavy atom. The third-order valence-electron chi connectivity index (χ3n) is 3.51. The van der Waals surface area contributed by atoms with Crippen LogP contribution in [-0.4, -0.2) is 35.8 Å². The van der Waals surface area contributed by atoms with Crippen LogP contribution in [0.2, 0.25) is 0 Å². The molecule has 4 nitrogen and oxygen atoms in total. The molecule has 4 heteroatoms. The molecule has 1 saturated carbocycles. The fourth-order valence-corrected chi connectivity index (χ4v) is 2.20. The van der Waals surface area contributed by atoms with Gasteiger partial charge in [-0.15, -0.1) is 0 Å². The van der Waals surface area contributed by atoms with Crippen molar-refractivity contribution in [1.29, 1.82) is 0 Å². The van der Waals surface area contributed by atoms with Gasteiger partial charge in [0.2, 0.25) is 11.8 Å². The van der Waals surface area contributed by atoms with Crippen LogP contribution < -0.4 is 5.32 Å². The highest BCUT2D eigenvalue weighted by Gasteiger charge is 2.39. The van der Waals surface area contributed by atoms with Gasteiger partial charge in [-0.05, 0) is 24.2 Å². The minimum atomic E-state index is -0.378. The maximum absolute atomic E-state index is 12.4. The molecule has 0 aromatic rings. The quantitative estimate of drug-likeness (QED) is 0.785. The number of carbonyl (C=O) groups is 2. The van der Waals surface area contributed by atoms with Crippen LogP contribution >= 0.6 is 0 Å². The van der Waals surface area contributed by atoms with Gasteiger partial charge in [0.05, 0.1) is 0 Å². The van der Waals surface area contributed by atoms with Gasteiger partial charge in [-0.25, -0.2) is 0 Å². The van der Waals surface area contributed by atoms with Crippen molar-refractivity contribution in [3.05, 3.63) is 0 Å². The van der Waals surface area contributed by atoms with Crippen LogP contribution in [0.15, 0.2) is 0 Å². The zero-order valence-electron chi connectivity index (χ0n) is 11.0. The molecule has 1 N–H and O–H groups in total. The number of nitrogens with one attached hydrogen (secondary N) is 1. The van der Waals surface area contributed by atoms with Crippen LogP contribution in [0.3, 0.4) is 0 Å². The first-order chi connectivity index (χ1) is 7.88. The molecular formula is C13H22N2O2. The summed E-state index contributed by atoms with van der Waals surface area (Å²) in [5.74, 6) is 0.764. The van der Waals surface area contributed by atoms with E-state index >= 15 is 0 Å². The first kappa shape index (κ1) is 12.4. The number of nitrogens with zero attached hydrogens (tertiary/aromatic N) is 1. The monoisotopic (exact) mass is 238 g/mol. The van der Waals surface area contributed by atoms with E-state index in [0.29, 0.717) is 18.9 Å². The number of hydrogen-bond acceptors (Lipinski definition) is 2. The van der Waals surface area contributed by atoms with Crippen LogP contribution in [0, 0.1) is 11.3 Å². The highest BCUT2D eigenvalue weighted by Crippen LogP contribution is 2.31. The maximum Gasteiger partial charge on any atom is 0.245 e. The molecule has 1 heterocycles. The second-order valence-corrected chi connectivity index (χ2v) is 6.34. The van der Waals surface area contributed by atoms with Gasteiger partial charge in [-0.2, -0.15) is 0 Å². The Labute approximate surface area is 103 Å². The number of rotatable bonds is 2. The summed E-state index contributed by atoms with van der Waals surface area (Å²) in [7, 11) is 0. The van der Waals surface area contributed by atoms with Crippen LogP contribution in [0.4, 0.5) is 0 Å². The number of carbonyl (C=O) groups excluding carboxylic acids is 2. The van der Waals surface area contributed by atoms with Gasteiger partial charge in [0.15, 0.2) is 0 Å². The molecule has 0 aromatic heterocycles. The van der Waals surface area contributed by atoms with Crippen LogP contribution in [-0.2, 0) is 9.59 Å². The summed E-state index contributed by atoms with van der Waals surface area (Å²) >= 11 is 0. The van der Waals surface area contributed by atoms with Gasteiger partial charge < -0.3 is 10.2 Å². The van der Waals surface area contributed by atoms with E-state index in [0.717, 1.165) is 6.54 Å². The van der Waals surface area contributed by atoms with E-state index in [1.54, 1.807) is 0 Å². The Hall–Kier alpha value is -1.06. The zero-order chi connectivity index (χ0) is 12.6. The minimum Gasteiger partial charge on any atom is -0.344 e. The van der Waals surface area contributed by atoms with Gasteiger partial charge in [0.1, 0.15) is 6.04 Å². The van der Waals surface area contributed by atoms with Crippen molar-refractivity contribution >= 4 is 11.8 Å². The largest absolute Gasteiger partial charge is 0.344 e. The van der Waals surface area contributed by atoms with E-state index in [1.807, 2.05) is 25.7 Å². The van der Waals surface area contributed by atoms with Gasteiger partial charge in [0, 0.05) is 19.5 Å². The average Bonchev–Trinajstić information content (AvgIpc) is 3.01. The Balaban J connectivity index is 2.12. The molecule has 2 fully saturated rings. The Morgan fingerprint density at radius 3 is 2.47 bits per heavy atom. The molecule has 1 unspecified atom stereocenters. The number of amides is 2. The first-order valence-corrected chi connectivity index (χ1v) is 6.46. The molecule has 17 heavy (non-hydrogen) atoms. The summed E-state index contributed by atoms with van der Waals surface area (Å²) in [5, 5.41) is 2.86. The lowest BCUT2D eigenvalue weighted by molar-refractivity contribution is -0.136. The van der Waals surface area contributed by atoms with E-state index in [-0.39, 0.29) is 23.3 Å². The Bertz CT molecular complexity index is 329. The summed E-state index contributed by atoms with van der Waals surface area (Å²) in [6, 6.07) is -0.378. The van der Waals surface area contributed by atoms with Gasteiger partial charge >= 0.3 is 0 Å². The Morgan fingerprint density at radius 1 is 1.29 bits per heavy atom. The summed E-state index contributed by atoms with van der Waals surface area (Å²) in [4.78, 5) is 25.9. The topological polar surface area (TPSA) is 49.4 Å². The third kappa shape index (κ3) is 2.99. The number of hydrogen-bond donors (Lipinski definition) is 1. The molecule has 0 bridgehead atoms. The van der Waals surface area contributed by atoms with Crippen molar-refractivity contribution in [2.45, 2.75) is 46.1 Å². The average molecular weight is 238 g/mol. The zero-order valence-corrected chi connectivity index (χ0v) is 11.0. The SMILES string of the molecule is CC(C)(C)C1NC(=O)CCN(CC2CC2)C1=O. The third-order valence-corrected chi connectivity index (χ3v) is 3.51. The fraction of sp³-hybridized carbons (Fsp3) is 0.846. The molecule has 96 valence electrons. The normalized spacial score (nSPS) is 26.8. The lowest BCUT2D eigenvalue weighted by atomic mass is 9.86. The summed E-state index contributed by atoms with van der Waals surface area (Å²) in [5.41, 5.74) is -0.223. The minimum absolute atomic E-state index is 0.00317. The molecule has 1 atom stereocenters. The van der Waals surface area contributed by atoms with Crippen molar-refractivity contribution in [1.82, 2.24) is 10.2 Å². The molecule has 0 aromatic carbocycles. The molecule has 2 aliphatic rings. The summed E-state index contributed by atoms with van der Waals surface area (Å²) < 4.78 is 0. The lowest BCUT2D eigenvalue weighted by Crippen LogP contribution is -2.52. The van der Waals surface area contributed by atoms with Crippen molar-refractivity contribution in [3.63, 3.8) is 0 Å². The van der Waals surface area contributed by atoms with E-state index < -0.39 is 0 Å². The van der Waals surface area contributed by atoms with Gasteiger partial charge in [0.25, 0.3) is 0 Å². The highest BCUT2D eigenvalue weighted by molar-refractivity contribution is 5.90. The van der Waals surface area contributed by atoms with E-state index in [4.69, 9.17) is 0 Å². The van der Waals surface area contributed by atoms with Crippen LogP contribution in [0.25, 0.3) is 0 Å². The molecule has 0 radical (unpaired) electrons. The lowest BCUT2D eigenvalue weighted by Gasteiger charge is -2.32. The summed E-state index contributed by atoms with van der Waals surface area (Å²) in [6.45, 7) is 7.40. The van der Waals surface area contributed by atoms with E-state index in [1.165, 1.54) is 12.8 Å². The van der Waals surface area contributed by atoms with Crippen LogP contribution in [0.5, 0.6) is 0 Å². The fourth-order valence-electron chi connectivity index (χ4n) is 2.20. The molecule has 2 amide bonds. The molecular weight excluding hydrogens is 216 g/mol. The molecule has 1 aliphatic carbocycles. The van der Waals surface area contributed by atoms with Crippen LogP contribution in [0.1, 0.15) is 40.0 Å². The van der Waals surface area contributed by atoms with Gasteiger partial charge in [-0.1, -0.05) is 20.8 Å². The highest BCUT2D eigenvalue weighted by atomic mass is 16.2. The molecule has 1 aliphatic heterocycles. The van der Waals surface area contributed by atoms with E-state index in [2.05, 4.69) is 5.32 Å². The predicted molar refractivity (Wildman–Crippen MR) is 65.3 cm³/mol.